The minimum atomic E-state index is -1.46. The first kappa shape index (κ1) is 36.5. The highest BCUT2D eigenvalue weighted by Crippen LogP contribution is 2.75. The van der Waals surface area contributed by atoms with Gasteiger partial charge in [0.2, 0.25) is 0 Å². The summed E-state index contributed by atoms with van der Waals surface area (Å²) in [6, 6.07) is 8.11. The number of methoxy groups -OCH3 is 1. The van der Waals surface area contributed by atoms with Gasteiger partial charge in [-0.2, -0.15) is 0 Å². The van der Waals surface area contributed by atoms with Crippen LogP contribution in [0.3, 0.4) is 0 Å². The van der Waals surface area contributed by atoms with Crippen molar-refractivity contribution in [2.45, 2.75) is 111 Å². The fourth-order valence-electron chi connectivity index (χ4n) is 11.9. The van der Waals surface area contributed by atoms with E-state index in [1.807, 2.05) is 31.2 Å². The van der Waals surface area contributed by atoms with Crippen LogP contribution in [0, 0.1) is 45.3 Å². The highest BCUT2D eigenvalue weighted by atomic mass is 79.9. The lowest BCUT2D eigenvalue weighted by Crippen LogP contribution is -2.78. The molecule has 5 aliphatic rings. The molecule has 1 saturated heterocycles. The van der Waals surface area contributed by atoms with Crippen LogP contribution in [0.5, 0.6) is 0 Å². The topological polar surface area (TPSA) is 118 Å². The molecule has 10 heteroatoms. The molecule has 49 heavy (non-hydrogen) atoms. The number of benzene rings is 1. The van der Waals surface area contributed by atoms with E-state index in [2.05, 4.69) is 42.8 Å². The van der Waals surface area contributed by atoms with E-state index in [9.17, 15) is 19.5 Å². The number of carbonyl (C=O) groups excluding carboxylic acids is 3. The van der Waals surface area contributed by atoms with Crippen LogP contribution in [0.15, 0.2) is 40.4 Å². The van der Waals surface area contributed by atoms with Gasteiger partial charge in [-0.25, -0.2) is 4.79 Å². The van der Waals surface area contributed by atoms with E-state index in [0.29, 0.717) is 32.7 Å². The van der Waals surface area contributed by atoms with Gasteiger partial charge in [0.1, 0.15) is 6.10 Å². The first-order chi connectivity index (χ1) is 23.0. The molecule has 3 saturated carbocycles. The van der Waals surface area contributed by atoms with Gasteiger partial charge in [-0.05, 0) is 86.7 Å². The van der Waals surface area contributed by atoms with Gasteiger partial charge in [-0.1, -0.05) is 61.0 Å². The summed E-state index contributed by atoms with van der Waals surface area (Å²) in [5, 5.41) is 13.3. The third-order valence-corrected chi connectivity index (χ3v) is 14.9. The lowest BCUT2D eigenvalue weighted by molar-refractivity contribution is -0.322. The molecule has 6 rings (SSSR count). The second-order valence-electron chi connectivity index (χ2n) is 16.3. The zero-order valence-corrected chi connectivity index (χ0v) is 31.8. The molecule has 12 atom stereocenters. The molecule has 0 aromatic heterocycles. The number of carbonyl (C=O) groups is 3. The average Bonchev–Trinajstić information content (AvgIpc) is 3.50. The third-order valence-electron chi connectivity index (χ3n) is 14.1. The van der Waals surface area contributed by atoms with Crippen molar-refractivity contribution in [2.24, 2.45) is 45.3 Å². The number of esters is 3. The third kappa shape index (κ3) is 5.28. The molecule has 4 unspecified atom stereocenters. The van der Waals surface area contributed by atoms with Crippen molar-refractivity contribution in [3.05, 3.63) is 46.0 Å². The molecule has 4 aliphatic carbocycles. The molecule has 270 valence electrons. The van der Waals surface area contributed by atoms with Crippen LogP contribution in [-0.2, 0) is 44.7 Å². The summed E-state index contributed by atoms with van der Waals surface area (Å²) in [7, 11) is 1.32. The minimum absolute atomic E-state index is 0.0205. The zero-order valence-electron chi connectivity index (χ0n) is 30.2. The molecule has 4 fully saturated rings. The number of hydrogen-bond donors (Lipinski definition) is 1. The van der Waals surface area contributed by atoms with Crippen molar-refractivity contribution < 1.29 is 43.2 Å². The molecule has 0 radical (unpaired) electrons. The maximum Gasteiger partial charge on any atom is 0.334 e. The van der Waals surface area contributed by atoms with Crippen molar-refractivity contribution in [1.82, 2.24) is 0 Å². The summed E-state index contributed by atoms with van der Waals surface area (Å²) >= 11 is 3.66. The molecule has 0 amide bonds. The van der Waals surface area contributed by atoms with Crippen molar-refractivity contribution >= 4 is 33.8 Å². The Hall–Kier alpha value is -2.27. The Bertz CT molecular complexity index is 1530. The van der Waals surface area contributed by atoms with E-state index in [4.69, 9.17) is 23.7 Å². The Morgan fingerprint density at radius 3 is 2.31 bits per heavy atom. The summed E-state index contributed by atoms with van der Waals surface area (Å²) in [4.78, 5) is 39.5. The van der Waals surface area contributed by atoms with Gasteiger partial charge in [-0.15, -0.1) is 0 Å². The van der Waals surface area contributed by atoms with Crippen molar-refractivity contribution in [3.63, 3.8) is 0 Å². The van der Waals surface area contributed by atoms with Gasteiger partial charge in [0.05, 0.1) is 44.1 Å². The van der Waals surface area contributed by atoms with Gasteiger partial charge in [0.15, 0.2) is 6.10 Å². The summed E-state index contributed by atoms with van der Waals surface area (Å²) in [5.41, 5.74) is -2.79. The molecule has 1 heterocycles. The van der Waals surface area contributed by atoms with E-state index in [1.165, 1.54) is 21.0 Å². The van der Waals surface area contributed by atoms with Crippen LogP contribution in [-0.4, -0.2) is 67.3 Å². The van der Waals surface area contributed by atoms with Crippen LogP contribution in [0.2, 0.25) is 0 Å². The largest absolute Gasteiger partial charge is 0.466 e. The van der Waals surface area contributed by atoms with Gasteiger partial charge in [0, 0.05) is 34.7 Å². The Morgan fingerprint density at radius 1 is 1.00 bits per heavy atom. The summed E-state index contributed by atoms with van der Waals surface area (Å²) in [5.74, 6) is -2.04. The Balaban J connectivity index is 1.45. The fourth-order valence-corrected chi connectivity index (χ4v) is 12.3. The summed E-state index contributed by atoms with van der Waals surface area (Å²) in [6.45, 7) is 14.8. The Labute approximate surface area is 298 Å². The molecule has 1 aromatic carbocycles. The number of hydrogen-bond acceptors (Lipinski definition) is 9. The SMILES string of the molecule is COC(=O)C1=CC(C)C[C@@]2(O)C3CC[C@]4(C)C(CC[C@@]5(C(C)OCc6ccccc6Br)COC[C@H]54)[C@@]3(C)[C@H](OC(C)=O)[C@H](OC(C)=O)[C@@]12C. The second-order valence-corrected chi connectivity index (χ2v) is 17.2. The minimum Gasteiger partial charge on any atom is -0.466 e. The van der Waals surface area contributed by atoms with Crippen molar-refractivity contribution in [1.29, 1.82) is 0 Å². The van der Waals surface area contributed by atoms with Crippen LogP contribution in [0.25, 0.3) is 0 Å². The molecule has 1 aromatic rings. The molecular weight excluding hydrogens is 692 g/mol. The smallest absolute Gasteiger partial charge is 0.334 e. The number of fused-ring (bicyclic) bond motifs is 7. The zero-order chi connectivity index (χ0) is 35.7. The van der Waals surface area contributed by atoms with E-state index >= 15 is 0 Å². The van der Waals surface area contributed by atoms with E-state index in [0.717, 1.165) is 29.3 Å². The molecule has 0 spiro atoms. The average molecular weight is 746 g/mol. The maximum absolute atomic E-state index is 13.5. The first-order valence-corrected chi connectivity index (χ1v) is 18.6. The Kier molecular flexibility index (Phi) is 9.50. The van der Waals surface area contributed by atoms with Gasteiger partial charge < -0.3 is 28.8 Å². The fraction of sp³-hybridized carbons (Fsp3) is 0.718. The predicted molar refractivity (Wildman–Crippen MR) is 185 cm³/mol. The van der Waals surface area contributed by atoms with Crippen LogP contribution >= 0.6 is 15.9 Å². The standard InChI is InChI=1S/C39H53BrO9/c1-22-17-27(34(43)45-8)37(7)33(49-25(4)42)32(48-24(3)41)36(6)29-14-16-38(23(2)47-19-26-11-9-10-12-28(26)40)21-46-20-31(38)35(29,5)15-13-30(36)39(37,44)18-22/h9-12,17,22-23,29-33,44H,13-16,18-21H2,1-8H3/t22?,23?,29?,30?,31-,32+,33-,35+,36+,37+,38-,39+/m0/s1. The lowest BCUT2D eigenvalue weighted by atomic mass is 9.33. The van der Waals surface area contributed by atoms with Gasteiger partial charge >= 0.3 is 17.9 Å². The molecule has 1 aliphatic heterocycles. The number of allylic oxidation sites excluding steroid dienone is 1. The summed E-state index contributed by atoms with van der Waals surface area (Å²) in [6.07, 6.45) is 3.15. The molecule has 0 bridgehead atoms. The number of aliphatic hydroxyl groups is 1. The Morgan fingerprint density at radius 2 is 1.65 bits per heavy atom. The van der Waals surface area contributed by atoms with E-state index < -0.39 is 46.5 Å². The normalized spacial score (nSPS) is 43.1. The van der Waals surface area contributed by atoms with E-state index in [1.54, 1.807) is 6.92 Å². The van der Waals surface area contributed by atoms with E-state index in [-0.39, 0.29) is 46.2 Å². The van der Waals surface area contributed by atoms with Crippen molar-refractivity contribution in [3.8, 4) is 0 Å². The number of rotatable bonds is 7. The van der Waals surface area contributed by atoms with Crippen LogP contribution in [0.4, 0.5) is 0 Å². The number of halogens is 1. The first-order valence-electron chi connectivity index (χ1n) is 17.8. The molecule has 1 N–H and O–H groups in total. The monoisotopic (exact) mass is 744 g/mol. The number of ether oxygens (including phenoxy) is 5. The van der Waals surface area contributed by atoms with Crippen molar-refractivity contribution in [2.75, 3.05) is 20.3 Å². The molecular formula is C39H53BrO9. The molecule has 9 nitrogen and oxygen atoms in total. The lowest BCUT2D eigenvalue weighted by Gasteiger charge is -2.73. The van der Waals surface area contributed by atoms with Crippen LogP contribution in [0.1, 0.15) is 86.1 Å². The predicted octanol–water partition coefficient (Wildman–Crippen LogP) is 6.57. The van der Waals surface area contributed by atoms with Gasteiger partial charge in [0.25, 0.3) is 0 Å². The maximum atomic E-state index is 13.5. The highest BCUT2D eigenvalue weighted by Gasteiger charge is 2.79. The quantitative estimate of drug-likeness (QED) is 0.244. The highest BCUT2D eigenvalue weighted by molar-refractivity contribution is 9.10. The summed E-state index contributed by atoms with van der Waals surface area (Å²) < 4.78 is 31.9. The van der Waals surface area contributed by atoms with Gasteiger partial charge in [-0.3, -0.25) is 9.59 Å². The van der Waals surface area contributed by atoms with Crippen LogP contribution < -0.4 is 0 Å². The second kappa shape index (κ2) is 12.7.